The molecule has 0 unspecified atom stereocenters. The number of aryl methyl sites for hydroxylation is 1. The molecule has 1 N–H and O–H groups in total. The number of aromatic nitrogens is 4. The highest BCUT2D eigenvalue weighted by atomic mass is 35.5. The van der Waals surface area contributed by atoms with Gasteiger partial charge in [0, 0.05) is 18.3 Å². The normalized spacial score (nSPS) is 11.2. The van der Waals surface area contributed by atoms with Crippen LogP contribution in [-0.4, -0.2) is 19.3 Å². The first-order chi connectivity index (χ1) is 8.65. The summed E-state index contributed by atoms with van der Waals surface area (Å²) < 4.78 is 4.55. The molecule has 92 valence electrons. The third kappa shape index (κ3) is 1.85. The molecule has 2 heterocycles. The zero-order valence-corrected chi connectivity index (χ0v) is 11.3. The number of fused-ring (bicyclic) bond motifs is 1. The van der Waals surface area contributed by atoms with Gasteiger partial charge in [0.15, 0.2) is 4.77 Å². The van der Waals surface area contributed by atoms with E-state index in [0.29, 0.717) is 16.3 Å². The Morgan fingerprint density at radius 2 is 2.22 bits per heavy atom. The van der Waals surface area contributed by atoms with Gasteiger partial charge in [-0.1, -0.05) is 11.6 Å². The minimum absolute atomic E-state index is 0.676. The molecule has 0 aliphatic rings. The Morgan fingerprint density at radius 1 is 1.39 bits per heavy atom. The van der Waals surface area contributed by atoms with Gasteiger partial charge in [0.25, 0.3) is 0 Å². The zero-order valence-electron chi connectivity index (χ0n) is 9.72. The number of aromatic amines is 1. The van der Waals surface area contributed by atoms with Crippen molar-refractivity contribution in [2.45, 2.75) is 6.54 Å². The van der Waals surface area contributed by atoms with Crippen LogP contribution in [0.2, 0.25) is 5.02 Å². The molecule has 0 amide bonds. The highest BCUT2D eigenvalue weighted by Crippen LogP contribution is 2.20. The molecular weight excluding hydrogens is 268 g/mol. The van der Waals surface area contributed by atoms with E-state index >= 15 is 0 Å². The second-order valence-corrected chi connectivity index (χ2v) is 4.95. The van der Waals surface area contributed by atoms with Crippen molar-refractivity contribution in [3.05, 3.63) is 45.9 Å². The van der Waals surface area contributed by atoms with Gasteiger partial charge < -0.3 is 9.55 Å². The molecule has 0 saturated heterocycles. The lowest BCUT2D eigenvalue weighted by molar-refractivity contribution is 0.671. The van der Waals surface area contributed by atoms with Gasteiger partial charge in [-0.3, -0.25) is 4.68 Å². The lowest BCUT2D eigenvalue weighted by Gasteiger charge is -2.05. The molecule has 0 saturated carbocycles. The summed E-state index contributed by atoms with van der Waals surface area (Å²) in [5.74, 6) is 0. The molecule has 4 nitrogen and oxygen atoms in total. The molecule has 3 rings (SSSR count). The first-order valence-electron chi connectivity index (χ1n) is 5.50. The van der Waals surface area contributed by atoms with Gasteiger partial charge in [0.1, 0.15) is 0 Å². The Hall–Kier alpha value is -1.59. The summed E-state index contributed by atoms with van der Waals surface area (Å²) in [7, 11) is 1.92. The van der Waals surface area contributed by atoms with Crippen molar-refractivity contribution < 1.29 is 0 Å². The summed E-state index contributed by atoms with van der Waals surface area (Å²) >= 11 is 11.4. The molecule has 0 spiro atoms. The van der Waals surface area contributed by atoms with E-state index in [4.69, 9.17) is 23.8 Å². The maximum atomic E-state index is 6.03. The molecule has 6 heteroatoms. The monoisotopic (exact) mass is 278 g/mol. The van der Waals surface area contributed by atoms with Crippen LogP contribution in [0.5, 0.6) is 0 Å². The van der Waals surface area contributed by atoms with Crippen LogP contribution in [0.15, 0.2) is 30.5 Å². The predicted octanol–water partition coefficient (Wildman–Crippen LogP) is 3.13. The first kappa shape index (κ1) is 11.5. The largest absolute Gasteiger partial charge is 0.331 e. The highest BCUT2D eigenvalue weighted by Gasteiger charge is 2.07. The molecule has 18 heavy (non-hydrogen) atoms. The van der Waals surface area contributed by atoms with Crippen LogP contribution in [-0.2, 0) is 13.6 Å². The van der Waals surface area contributed by atoms with E-state index in [1.807, 2.05) is 40.6 Å². The van der Waals surface area contributed by atoms with Crippen LogP contribution in [0.3, 0.4) is 0 Å². The van der Waals surface area contributed by atoms with Crippen molar-refractivity contribution in [2.24, 2.45) is 7.05 Å². The van der Waals surface area contributed by atoms with Crippen molar-refractivity contribution in [2.75, 3.05) is 0 Å². The smallest absolute Gasteiger partial charge is 0.178 e. The Labute approximate surface area is 114 Å². The number of benzene rings is 1. The van der Waals surface area contributed by atoms with Crippen LogP contribution in [0, 0.1) is 4.77 Å². The number of imidazole rings is 1. The van der Waals surface area contributed by atoms with Crippen molar-refractivity contribution >= 4 is 34.9 Å². The predicted molar refractivity (Wildman–Crippen MR) is 74.4 cm³/mol. The SMILES string of the molecule is Cn1nccc1Cn1c(=S)[nH]c2ccc(Cl)cc21. The molecule has 0 aliphatic heterocycles. The van der Waals surface area contributed by atoms with Crippen LogP contribution in [0.1, 0.15) is 5.69 Å². The molecular formula is C12H11ClN4S. The Kier molecular flexibility index (Phi) is 2.72. The topological polar surface area (TPSA) is 38.5 Å². The summed E-state index contributed by atoms with van der Waals surface area (Å²) in [4.78, 5) is 3.18. The second kappa shape index (κ2) is 4.26. The number of H-pyrrole nitrogens is 1. The first-order valence-corrected chi connectivity index (χ1v) is 6.29. The summed E-state index contributed by atoms with van der Waals surface area (Å²) in [6.07, 6.45) is 1.78. The Balaban J connectivity index is 2.17. The molecule has 0 aliphatic carbocycles. The van der Waals surface area contributed by atoms with E-state index in [1.54, 1.807) is 6.20 Å². The van der Waals surface area contributed by atoms with Crippen LogP contribution >= 0.6 is 23.8 Å². The summed E-state index contributed by atoms with van der Waals surface area (Å²) in [6.45, 7) is 0.676. The molecule has 1 aromatic carbocycles. The van der Waals surface area contributed by atoms with Gasteiger partial charge in [0.2, 0.25) is 0 Å². The van der Waals surface area contributed by atoms with Crippen LogP contribution < -0.4 is 0 Å². The maximum absolute atomic E-state index is 6.03. The fourth-order valence-corrected chi connectivity index (χ4v) is 2.44. The molecule has 0 bridgehead atoms. The van der Waals surface area contributed by atoms with Gasteiger partial charge >= 0.3 is 0 Å². The minimum atomic E-state index is 0.676. The molecule has 0 atom stereocenters. The fourth-order valence-electron chi connectivity index (χ4n) is 2.00. The third-order valence-electron chi connectivity index (χ3n) is 2.98. The molecule has 3 aromatic rings. The van der Waals surface area contributed by atoms with E-state index in [9.17, 15) is 0 Å². The van der Waals surface area contributed by atoms with E-state index in [0.717, 1.165) is 16.7 Å². The van der Waals surface area contributed by atoms with Crippen molar-refractivity contribution in [3.63, 3.8) is 0 Å². The fraction of sp³-hybridized carbons (Fsp3) is 0.167. The van der Waals surface area contributed by atoms with Gasteiger partial charge in [-0.15, -0.1) is 0 Å². The van der Waals surface area contributed by atoms with Crippen molar-refractivity contribution in [1.82, 2.24) is 19.3 Å². The minimum Gasteiger partial charge on any atom is -0.331 e. The number of hydrogen-bond acceptors (Lipinski definition) is 2. The van der Waals surface area contributed by atoms with Gasteiger partial charge in [-0.2, -0.15) is 5.10 Å². The van der Waals surface area contributed by atoms with Gasteiger partial charge in [0.05, 0.1) is 23.3 Å². The van der Waals surface area contributed by atoms with Crippen molar-refractivity contribution in [3.8, 4) is 0 Å². The van der Waals surface area contributed by atoms with E-state index in [-0.39, 0.29) is 0 Å². The standard InChI is InChI=1S/C12H11ClN4S/c1-16-9(4-5-14-16)7-17-11-6-8(13)2-3-10(11)15-12(17)18/h2-6H,7H2,1H3,(H,15,18). The van der Waals surface area contributed by atoms with E-state index < -0.39 is 0 Å². The van der Waals surface area contributed by atoms with Crippen LogP contribution in [0.4, 0.5) is 0 Å². The Morgan fingerprint density at radius 3 is 2.94 bits per heavy atom. The third-order valence-corrected chi connectivity index (χ3v) is 3.54. The quantitative estimate of drug-likeness (QED) is 0.732. The number of halogens is 1. The number of rotatable bonds is 2. The Bertz CT molecular complexity index is 768. The molecule has 0 radical (unpaired) electrons. The zero-order chi connectivity index (χ0) is 12.7. The number of nitrogens with one attached hydrogen (secondary N) is 1. The summed E-state index contributed by atoms with van der Waals surface area (Å²) in [6, 6.07) is 7.68. The average molecular weight is 279 g/mol. The summed E-state index contributed by atoms with van der Waals surface area (Å²) in [5.41, 5.74) is 3.09. The average Bonchev–Trinajstić information content (AvgIpc) is 2.86. The van der Waals surface area contributed by atoms with Crippen molar-refractivity contribution in [1.29, 1.82) is 0 Å². The summed E-state index contributed by atoms with van der Waals surface area (Å²) in [5, 5.41) is 4.86. The highest BCUT2D eigenvalue weighted by molar-refractivity contribution is 7.71. The number of nitrogens with zero attached hydrogens (tertiary/aromatic N) is 3. The molecule has 2 aromatic heterocycles. The lowest BCUT2D eigenvalue weighted by atomic mass is 10.3. The van der Waals surface area contributed by atoms with E-state index in [2.05, 4.69) is 10.1 Å². The second-order valence-electron chi connectivity index (χ2n) is 4.12. The molecule has 0 fully saturated rings. The van der Waals surface area contributed by atoms with Gasteiger partial charge in [-0.05, 0) is 36.5 Å². The lowest BCUT2D eigenvalue weighted by Crippen LogP contribution is -2.05. The van der Waals surface area contributed by atoms with E-state index in [1.165, 1.54) is 0 Å². The number of hydrogen-bond donors (Lipinski definition) is 1. The van der Waals surface area contributed by atoms with Gasteiger partial charge in [-0.25, -0.2) is 0 Å². The maximum Gasteiger partial charge on any atom is 0.178 e. The van der Waals surface area contributed by atoms with Crippen LogP contribution in [0.25, 0.3) is 11.0 Å².